The monoisotopic (exact) mass is 221 g/mol. The first-order valence-electron chi connectivity index (χ1n) is 5.43. The molecule has 4 heteroatoms. The molecule has 1 unspecified atom stereocenters. The van der Waals surface area contributed by atoms with Crippen LogP contribution in [0.25, 0.3) is 0 Å². The van der Waals surface area contributed by atoms with Crippen molar-refractivity contribution >= 4 is 11.7 Å². The molecule has 1 aromatic carbocycles. The van der Waals surface area contributed by atoms with Crippen molar-refractivity contribution in [1.82, 2.24) is 0 Å². The average molecular weight is 221 g/mol. The summed E-state index contributed by atoms with van der Waals surface area (Å²) in [6.45, 7) is 0.711. The fraction of sp³-hybridized carbons (Fsp3) is 0.417. The molecule has 86 valence electrons. The Morgan fingerprint density at radius 1 is 1.50 bits per heavy atom. The minimum absolute atomic E-state index is 0.146. The summed E-state index contributed by atoms with van der Waals surface area (Å²) in [6, 6.07) is 5.37. The Morgan fingerprint density at radius 2 is 2.31 bits per heavy atom. The van der Waals surface area contributed by atoms with E-state index in [1.54, 1.807) is 12.1 Å². The first-order chi connectivity index (χ1) is 7.66. The largest absolute Gasteiger partial charge is 0.506 e. The molecular formula is C12H15NO3. The van der Waals surface area contributed by atoms with Gasteiger partial charge in [-0.05, 0) is 30.4 Å². The van der Waals surface area contributed by atoms with Crippen LogP contribution in [0.4, 0.5) is 5.69 Å². The maximum absolute atomic E-state index is 10.7. The van der Waals surface area contributed by atoms with E-state index >= 15 is 0 Å². The van der Waals surface area contributed by atoms with E-state index < -0.39 is 5.97 Å². The molecule has 0 bridgehead atoms. The normalized spacial score (nSPS) is 19.4. The van der Waals surface area contributed by atoms with E-state index in [0.717, 1.165) is 17.7 Å². The predicted octanol–water partition coefficient (Wildman–Crippen LogP) is 1.84. The molecule has 1 atom stereocenters. The number of fused-ring (bicyclic) bond motifs is 1. The number of hydrogen-bond acceptors (Lipinski definition) is 3. The van der Waals surface area contributed by atoms with E-state index in [1.807, 2.05) is 6.07 Å². The topological polar surface area (TPSA) is 69.6 Å². The van der Waals surface area contributed by atoms with Gasteiger partial charge in [0.1, 0.15) is 5.75 Å². The van der Waals surface area contributed by atoms with Crippen molar-refractivity contribution in [2.24, 2.45) is 5.92 Å². The van der Waals surface area contributed by atoms with Crippen molar-refractivity contribution in [2.75, 3.05) is 11.9 Å². The van der Waals surface area contributed by atoms with Gasteiger partial charge in [-0.15, -0.1) is 0 Å². The second-order valence-electron chi connectivity index (χ2n) is 4.19. The van der Waals surface area contributed by atoms with Crippen LogP contribution < -0.4 is 5.32 Å². The van der Waals surface area contributed by atoms with Gasteiger partial charge in [0.25, 0.3) is 0 Å². The van der Waals surface area contributed by atoms with Crippen LogP contribution in [0.5, 0.6) is 5.75 Å². The number of nitrogens with one attached hydrogen (secondary N) is 1. The summed E-state index contributed by atoms with van der Waals surface area (Å²) < 4.78 is 0. The van der Waals surface area contributed by atoms with Gasteiger partial charge < -0.3 is 15.5 Å². The standard InChI is InChI=1S/C12H15NO3/c14-10-3-1-2-9-6-8(7-11(15)16)4-5-13-12(9)10/h1-3,8,13-14H,4-7H2,(H,15,16). The summed E-state index contributed by atoms with van der Waals surface area (Å²) in [5.74, 6) is -0.366. The molecule has 0 radical (unpaired) electrons. The molecule has 0 saturated heterocycles. The molecule has 0 aromatic heterocycles. The van der Waals surface area contributed by atoms with E-state index in [-0.39, 0.29) is 18.1 Å². The number of phenolic OH excluding ortho intramolecular Hbond substituents is 1. The molecule has 0 amide bonds. The van der Waals surface area contributed by atoms with E-state index in [4.69, 9.17) is 5.11 Å². The van der Waals surface area contributed by atoms with Crippen LogP contribution in [0.15, 0.2) is 18.2 Å². The van der Waals surface area contributed by atoms with Crippen molar-refractivity contribution in [3.05, 3.63) is 23.8 Å². The van der Waals surface area contributed by atoms with Gasteiger partial charge in [-0.2, -0.15) is 0 Å². The number of rotatable bonds is 2. The minimum Gasteiger partial charge on any atom is -0.506 e. The minimum atomic E-state index is -0.756. The lowest BCUT2D eigenvalue weighted by atomic mass is 9.94. The van der Waals surface area contributed by atoms with Crippen molar-refractivity contribution < 1.29 is 15.0 Å². The fourth-order valence-corrected chi connectivity index (χ4v) is 2.20. The Labute approximate surface area is 93.9 Å². The van der Waals surface area contributed by atoms with Gasteiger partial charge >= 0.3 is 5.97 Å². The van der Waals surface area contributed by atoms with E-state index in [2.05, 4.69) is 5.32 Å². The molecule has 1 aromatic rings. The summed E-state index contributed by atoms with van der Waals surface area (Å²) >= 11 is 0. The molecule has 0 saturated carbocycles. The Hall–Kier alpha value is -1.71. The van der Waals surface area contributed by atoms with Gasteiger partial charge in [0, 0.05) is 13.0 Å². The molecular weight excluding hydrogens is 206 g/mol. The van der Waals surface area contributed by atoms with Gasteiger partial charge in [-0.25, -0.2) is 0 Å². The molecule has 1 aliphatic heterocycles. The van der Waals surface area contributed by atoms with Crippen LogP contribution in [0, 0.1) is 5.92 Å². The third-order valence-corrected chi connectivity index (χ3v) is 2.96. The maximum Gasteiger partial charge on any atom is 0.303 e. The van der Waals surface area contributed by atoms with Crippen LogP contribution in [0.2, 0.25) is 0 Å². The molecule has 16 heavy (non-hydrogen) atoms. The molecule has 0 spiro atoms. The summed E-state index contributed by atoms with van der Waals surface area (Å²) in [5.41, 5.74) is 1.76. The van der Waals surface area contributed by atoms with Crippen molar-refractivity contribution in [2.45, 2.75) is 19.3 Å². The molecule has 2 rings (SSSR count). The summed E-state index contributed by atoms with van der Waals surface area (Å²) in [7, 11) is 0. The van der Waals surface area contributed by atoms with Crippen LogP contribution >= 0.6 is 0 Å². The Morgan fingerprint density at radius 3 is 3.06 bits per heavy atom. The molecule has 1 aliphatic rings. The van der Waals surface area contributed by atoms with Gasteiger partial charge in [0.05, 0.1) is 5.69 Å². The Balaban J connectivity index is 2.21. The number of benzene rings is 1. The number of para-hydroxylation sites is 1. The van der Waals surface area contributed by atoms with Crippen LogP contribution in [-0.4, -0.2) is 22.7 Å². The number of aromatic hydroxyl groups is 1. The zero-order valence-corrected chi connectivity index (χ0v) is 8.94. The number of carbonyl (C=O) groups is 1. The molecule has 0 aliphatic carbocycles. The van der Waals surface area contributed by atoms with Crippen molar-refractivity contribution in [1.29, 1.82) is 0 Å². The second kappa shape index (κ2) is 4.43. The number of hydrogen-bond donors (Lipinski definition) is 3. The smallest absolute Gasteiger partial charge is 0.303 e. The summed E-state index contributed by atoms with van der Waals surface area (Å²) in [5, 5.41) is 21.6. The summed E-state index contributed by atoms with van der Waals surface area (Å²) in [6.07, 6.45) is 1.72. The van der Waals surface area contributed by atoms with Gasteiger partial charge in [0.15, 0.2) is 0 Å². The second-order valence-corrected chi connectivity index (χ2v) is 4.19. The number of carboxylic acids is 1. The molecule has 3 N–H and O–H groups in total. The third kappa shape index (κ3) is 2.27. The van der Waals surface area contributed by atoms with E-state index in [0.29, 0.717) is 13.0 Å². The average Bonchev–Trinajstić information content (AvgIpc) is 2.39. The lowest BCUT2D eigenvalue weighted by molar-refractivity contribution is -0.138. The van der Waals surface area contributed by atoms with Gasteiger partial charge in [0.2, 0.25) is 0 Å². The number of phenols is 1. The maximum atomic E-state index is 10.7. The van der Waals surface area contributed by atoms with Crippen LogP contribution in [0.3, 0.4) is 0 Å². The molecule has 4 nitrogen and oxygen atoms in total. The van der Waals surface area contributed by atoms with Crippen molar-refractivity contribution in [3.8, 4) is 5.75 Å². The lowest BCUT2D eigenvalue weighted by Gasteiger charge is -2.11. The highest BCUT2D eigenvalue weighted by atomic mass is 16.4. The number of carboxylic acid groups (broad SMARTS) is 1. The highest BCUT2D eigenvalue weighted by molar-refractivity contribution is 5.67. The predicted molar refractivity (Wildman–Crippen MR) is 60.7 cm³/mol. The third-order valence-electron chi connectivity index (χ3n) is 2.96. The highest BCUT2D eigenvalue weighted by Gasteiger charge is 2.20. The Kier molecular flexibility index (Phi) is 2.99. The fourth-order valence-electron chi connectivity index (χ4n) is 2.20. The van der Waals surface area contributed by atoms with Crippen LogP contribution in [-0.2, 0) is 11.2 Å². The van der Waals surface area contributed by atoms with E-state index in [1.165, 1.54) is 0 Å². The van der Waals surface area contributed by atoms with Crippen LogP contribution in [0.1, 0.15) is 18.4 Å². The highest BCUT2D eigenvalue weighted by Crippen LogP contribution is 2.32. The number of aliphatic carboxylic acids is 1. The SMILES string of the molecule is O=C(O)CC1CCNc2c(O)cccc2C1. The van der Waals surface area contributed by atoms with Gasteiger partial charge in [-0.3, -0.25) is 4.79 Å². The van der Waals surface area contributed by atoms with Crippen molar-refractivity contribution in [3.63, 3.8) is 0 Å². The zero-order chi connectivity index (χ0) is 11.5. The number of anilines is 1. The first-order valence-corrected chi connectivity index (χ1v) is 5.43. The van der Waals surface area contributed by atoms with E-state index in [9.17, 15) is 9.90 Å². The first kappa shape index (κ1) is 10.8. The summed E-state index contributed by atoms with van der Waals surface area (Å²) in [4.78, 5) is 10.7. The molecule has 1 heterocycles. The quantitative estimate of drug-likeness (QED) is 0.666. The molecule has 0 fully saturated rings. The van der Waals surface area contributed by atoms with Gasteiger partial charge in [-0.1, -0.05) is 12.1 Å². The Bertz CT molecular complexity index is 403. The lowest BCUT2D eigenvalue weighted by Crippen LogP contribution is -2.11. The zero-order valence-electron chi connectivity index (χ0n) is 8.94.